The van der Waals surface area contributed by atoms with Crippen LogP contribution >= 0.6 is 11.6 Å². The van der Waals surface area contributed by atoms with Gasteiger partial charge in [0, 0.05) is 31.0 Å². The topological polar surface area (TPSA) is 58.6 Å². The Bertz CT molecular complexity index is 1050. The molecule has 3 rings (SSSR count). The smallest absolute Gasteiger partial charge is 0.243 e. The largest absolute Gasteiger partial charge is 0.497 e. The van der Waals surface area contributed by atoms with Gasteiger partial charge in [-0.1, -0.05) is 73.1 Å². The van der Waals surface area contributed by atoms with Crippen molar-refractivity contribution in [3.05, 3.63) is 101 Å². The zero-order valence-electron chi connectivity index (χ0n) is 19.7. The van der Waals surface area contributed by atoms with Crippen molar-refractivity contribution >= 4 is 23.4 Å². The van der Waals surface area contributed by atoms with E-state index in [0.29, 0.717) is 37.4 Å². The van der Waals surface area contributed by atoms with Crippen LogP contribution in [0.15, 0.2) is 78.9 Å². The van der Waals surface area contributed by atoms with E-state index in [1.165, 1.54) is 0 Å². The van der Waals surface area contributed by atoms with Crippen LogP contribution in [0.25, 0.3) is 0 Å². The number of hydrogen-bond acceptors (Lipinski definition) is 3. The molecule has 1 N–H and O–H groups in total. The van der Waals surface area contributed by atoms with Crippen molar-refractivity contribution in [2.45, 2.75) is 38.8 Å². The minimum Gasteiger partial charge on any atom is -0.497 e. The number of hydrogen-bond donors (Lipinski definition) is 1. The summed E-state index contributed by atoms with van der Waals surface area (Å²) in [6.45, 7) is 2.64. The fourth-order valence-electron chi connectivity index (χ4n) is 3.78. The van der Waals surface area contributed by atoms with Gasteiger partial charge in [0.25, 0.3) is 0 Å². The molecule has 0 aliphatic carbocycles. The zero-order valence-corrected chi connectivity index (χ0v) is 20.4. The van der Waals surface area contributed by atoms with E-state index in [9.17, 15) is 9.59 Å². The summed E-state index contributed by atoms with van der Waals surface area (Å²) in [5.41, 5.74) is 3.03. The molecule has 0 aromatic heterocycles. The van der Waals surface area contributed by atoms with Crippen molar-refractivity contribution in [1.82, 2.24) is 10.2 Å². The van der Waals surface area contributed by atoms with Crippen LogP contribution in [0.3, 0.4) is 0 Å². The summed E-state index contributed by atoms with van der Waals surface area (Å²) in [6.07, 6.45) is 1.44. The Labute approximate surface area is 206 Å². The van der Waals surface area contributed by atoms with E-state index in [-0.39, 0.29) is 11.8 Å². The molecule has 178 valence electrons. The average molecular weight is 479 g/mol. The molecule has 0 radical (unpaired) electrons. The average Bonchev–Trinajstić information content (AvgIpc) is 2.87. The van der Waals surface area contributed by atoms with E-state index in [1.807, 2.05) is 73.7 Å². The molecule has 0 heterocycles. The number of nitrogens with one attached hydrogen (secondary N) is 1. The highest BCUT2D eigenvalue weighted by Gasteiger charge is 2.29. The van der Waals surface area contributed by atoms with Gasteiger partial charge in [-0.2, -0.15) is 0 Å². The molecular formula is C28H31ClN2O3. The lowest BCUT2D eigenvalue weighted by molar-refractivity contribution is -0.141. The number of carbonyl (C=O) groups is 2. The second-order valence-corrected chi connectivity index (χ2v) is 8.53. The van der Waals surface area contributed by atoms with Gasteiger partial charge in [-0.25, -0.2) is 0 Å². The predicted molar refractivity (Wildman–Crippen MR) is 136 cm³/mol. The van der Waals surface area contributed by atoms with Gasteiger partial charge in [0.05, 0.1) is 7.11 Å². The SMILES string of the molecule is CCC(=O)N(Cc1ccc(Cl)cc1)[C@H](Cc1ccccc1)C(=O)NCCc1ccc(OC)cc1. The summed E-state index contributed by atoms with van der Waals surface area (Å²) in [6, 6.07) is 24.3. The molecule has 0 saturated carbocycles. The first-order chi connectivity index (χ1) is 16.5. The third kappa shape index (κ3) is 7.35. The molecule has 3 aromatic rings. The number of halogens is 1. The van der Waals surface area contributed by atoms with E-state index in [1.54, 1.807) is 24.1 Å². The summed E-state index contributed by atoms with van der Waals surface area (Å²) < 4.78 is 5.20. The quantitative estimate of drug-likeness (QED) is 0.419. The van der Waals surface area contributed by atoms with Crippen molar-refractivity contribution in [1.29, 1.82) is 0 Å². The van der Waals surface area contributed by atoms with Gasteiger partial charge >= 0.3 is 0 Å². The van der Waals surface area contributed by atoms with E-state index < -0.39 is 6.04 Å². The van der Waals surface area contributed by atoms with Crippen LogP contribution < -0.4 is 10.1 Å². The summed E-state index contributed by atoms with van der Waals surface area (Å²) in [5, 5.41) is 3.68. The molecule has 1 atom stereocenters. The predicted octanol–water partition coefficient (Wildman–Crippen LogP) is 5.06. The molecule has 0 unspecified atom stereocenters. The van der Waals surface area contributed by atoms with Gasteiger partial charge < -0.3 is 15.0 Å². The number of carbonyl (C=O) groups excluding carboxylic acids is 2. The second-order valence-electron chi connectivity index (χ2n) is 8.10. The van der Waals surface area contributed by atoms with Crippen LogP contribution in [0.5, 0.6) is 5.75 Å². The van der Waals surface area contributed by atoms with Gasteiger partial charge in [0.2, 0.25) is 11.8 Å². The van der Waals surface area contributed by atoms with Crippen molar-refractivity contribution in [2.75, 3.05) is 13.7 Å². The van der Waals surface area contributed by atoms with Crippen molar-refractivity contribution in [3.63, 3.8) is 0 Å². The molecule has 2 amide bonds. The number of nitrogens with zero attached hydrogens (tertiary/aromatic N) is 1. The molecule has 0 aliphatic rings. The van der Waals surface area contributed by atoms with Crippen LogP contribution in [0, 0.1) is 0 Å². The lowest BCUT2D eigenvalue weighted by Crippen LogP contribution is -2.50. The Kier molecular flexibility index (Phi) is 9.53. The Morgan fingerprint density at radius 1 is 0.912 bits per heavy atom. The number of rotatable bonds is 11. The summed E-state index contributed by atoms with van der Waals surface area (Å²) in [4.78, 5) is 28.1. The van der Waals surface area contributed by atoms with Gasteiger partial charge in [-0.05, 0) is 47.4 Å². The molecule has 0 bridgehead atoms. The lowest BCUT2D eigenvalue weighted by atomic mass is 10.0. The number of methoxy groups -OCH3 is 1. The van der Waals surface area contributed by atoms with Gasteiger partial charge in [0.1, 0.15) is 11.8 Å². The Morgan fingerprint density at radius 3 is 2.18 bits per heavy atom. The van der Waals surface area contributed by atoms with Crippen LogP contribution in [-0.4, -0.2) is 36.4 Å². The minimum absolute atomic E-state index is 0.0683. The fourth-order valence-corrected chi connectivity index (χ4v) is 3.91. The van der Waals surface area contributed by atoms with E-state index in [2.05, 4.69) is 5.32 Å². The maximum Gasteiger partial charge on any atom is 0.243 e. The van der Waals surface area contributed by atoms with E-state index >= 15 is 0 Å². The Balaban J connectivity index is 1.77. The maximum atomic E-state index is 13.4. The highest BCUT2D eigenvalue weighted by Crippen LogP contribution is 2.18. The molecule has 34 heavy (non-hydrogen) atoms. The molecular weight excluding hydrogens is 448 g/mol. The van der Waals surface area contributed by atoms with Crippen molar-refractivity contribution in [3.8, 4) is 5.75 Å². The highest BCUT2D eigenvalue weighted by atomic mass is 35.5. The first-order valence-electron chi connectivity index (χ1n) is 11.5. The monoisotopic (exact) mass is 478 g/mol. The Hall–Kier alpha value is -3.31. The molecule has 6 heteroatoms. The summed E-state index contributed by atoms with van der Waals surface area (Å²) in [5.74, 6) is 0.570. The number of amides is 2. The first-order valence-corrected chi connectivity index (χ1v) is 11.9. The van der Waals surface area contributed by atoms with Crippen molar-refractivity contribution in [2.24, 2.45) is 0 Å². The molecule has 3 aromatic carbocycles. The fraction of sp³-hybridized carbons (Fsp3) is 0.286. The van der Waals surface area contributed by atoms with Crippen molar-refractivity contribution < 1.29 is 14.3 Å². The van der Waals surface area contributed by atoms with Gasteiger partial charge in [-0.15, -0.1) is 0 Å². The van der Waals surface area contributed by atoms with Crippen LogP contribution in [0.4, 0.5) is 0 Å². The van der Waals surface area contributed by atoms with E-state index in [4.69, 9.17) is 16.3 Å². The lowest BCUT2D eigenvalue weighted by Gasteiger charge is -2.31. The molecule has 0 spiro atoms. The summed E-state index contributed by atoms with van der Waals surface area (Å²) in [7, 11) is 1.63. The van der Waals surface area contributed by atoms with Crippen LogP contribution in [0.1, 0.15) is 30.0 Å². The highest BCUT2D eigenvalue weighted by molar-refractivity contribution is 6.30. The normalized spacial score (nSPS) is 11.5. The zero-order chi connectivity index (χ0) is 24.3. The first kappa shape index (κ1) is 25.3. The van der Waals surface area contributed by atoms with Crippen LogP contribution in [-0.2, 0) is 29.0 Å². The third-order valence-electron chi connectivity index (χ3n) is 5.71. The molecule has 0 fully saturated rings. The van der Waals surface area contributed by atoms with Gasteiger partial charge in [0.15, 0.2) is 0 Å². The Morgan fingerprint density at radius 2 is 1.56 bits per heavy atom. The molecule has 0 aliphatic heterocycles. The molecule has 0 saturated heterocycles. The summed E-state index contributed by atoms with van der Waals surface area (Å²) >= 11 is 6.03. The minimum atomic E-state index is -0.624. The van der Waals surface area contributed by atoms with E-state index in [0.717, 1.165) is 22.4 Å². The van der Waals surface area contributed by atoms with Crippen LogP contribution in [0.2, 0.25) is 5.02 Å². The number of ether oxygens (including phenoxy) is 1. The number of benzene rings is 3. The molecule has 5 nitrogen and oxygen atoms in total. The second kappa shape index (κ2) is 12.8. The van der Waals surface area contributed by atoms with Gasteiger partial charge in [-0.3, -0.25) is 9.59 Å². The maximum absolute atomic E-state index is 13.4. The standard InChI is InChI=1S/C28H31ClN2O3/c1-3-27(32)31(20-23-9-13-24(29)14-10-23)26(19-22-7-5-4-6-8-22)28(33)30-18-17-21-11-15-25(34-2)16-12-21/h4-16,26H,3,17-20H2,1-2H3,(H,30,33)/t26-/m1/s1. The third-order valence-corrected chi connectivity index (χ3v) is 5.96.